The highest BCUT2D eigenvalue weighted by Crippen LogP contribution is 2.39. The van der Waals surface area contributed by atoms with Crippen molar-refractivity contribution in [2.45, 2.75) is 19.3 Å². The summed E-state index contributed by atoms with van der Waals surface area (Å²) in [4.78, 5) is 25.8. The van der Waals surface area contributed by atoms with E-state index < -0.39 is 5.82 Å². The molecule has 2 aliphatic heterocycles. The molecule has 1 atom stereocenters. The molecule has 0 bridgehead atoms. The van der Waals surface area contributed by atoms with E-state index in [-0.39, 0.29) is 27.3 Å². The van der Waals surface area contributed by atoms with Gasteiger partial charge < -0.3 is 10.2 Å². The number of nitrogens with one attached hydrogen (secondary N) is 1. The fourth-order valence-electron chi connectivity index (χ4n) is 3.66. The van der Waals surface area contributed by atoms with E-state index >= 15 is 0 Å². The second-order valence-corrected chi connectivity index (χ2v) is 7.12. The van der Waals surface area contributed by atoms with Gasteiger partial charge in [0, 0.05) is 37.7 Å². The molecular weight excluding hydrogens is 356 g/mol. The monoisotopic (exact) mass is 369 g/mol. The Morgan fingerprint density at radius 3 is 2.92 bits per heavy atom. The summed E-state index contributed by atoms with van der Waals surface area (Å²) in [6, 6.07) is 0. The maximum atomic E-state index is 14.3. The molecule has 1 unspecified atom stereocenters. The maximum absolute atomic E-state index is 14.3. The first-order valence-electron chi connectivity index (χ1n) is 7.66. The van der Waals surface area contributed by atoms with Crippen molar-refractivity contribution in [3.8, 4) is 0 Å². The van der Waals surface area contributed by atoms with Crippen LogP contribution in [-0.4, -0.2) is 40.5 Å². The van der Waals surface area contributed by atoms with Crippen LogP contribution in [-0.2, 0) is 4.79 Å². The normalized spacial score (nSPS) is 24.0. The third kappa shape index (κ3) is 2.56. The molecule has 126 valence electrons. The lowest BCUT2D eigenvalue weighted by molar-refractivity contribution is -0.119. The Morgan fingerprint density at radius 1 is 1.33 bits per heavy atom. The SMILES string of the molecule is O=C1CC2(CCCN(c3nc(Cl)nc4c(F)c(Cl)ncc34)C2)CN1. The number of hydrogen-bond donors (Lipinski definition) is 1. The molecule has 0 radical (unpaired) electrons. The number of aromatic nitrogens is 3. The van der Waals surface area contributed by atoms with Crippen LogP contribution in [0.1, 0.15) is 19.3 Å². The van der Waals surface area contributed by atoms with Crippen molar-refractivity contribution >= 4 is 45.8 Å². The van der Waals surface area contributed by atoms with Crippen LogP contribution in [0.15, 0.2) is 6.20 Å². The molecule has 0 aliphatic carbocycles. The van der Waals surface area contributed by atoms with E-state index in [2.05, 4.69) is 20.3 Å². The molecule has 4 heterocycles. The fourth-order valence-corrected chi connectivity index (χ4v) is 3.97. The first kappa shape index (κ1) is 15.8. The molecule has 6 nitrogen and oxygen atoms in total. The first-order valence-corrected chi connectivity index (χ1v) is 8.42. The van der Waals surface area contributed by atoms with Crippen LogP contribution < -0.4 is 10.2 Å². The fraction of sp³-hybridized carbons (Fsp3) is 0.467. The van der Waals surface area contributed by atoms with Gasteiger partial charge in [0.15, 0.2) is 11.0 Å². The molecule has 9 heteroatoms. The van der Waals surface area contributed by atoms with E-state index in [1.807, 2.05) is 4.90 Å². The molecule has 2 fully saturated rings. The minimum absolute atomic E-state index is 0.0427. The number of amides is 1. The lowest BCUT2D eigenvalue weighted by atomic mass is 9.79. The van der Waals surface area contributed by atoms with Crippen LogP contribution in [0.5, 0.6) is 0 Å². The van der Waals surface area contributed by atoms with E-state index in [0.717, 1.165) is 19.4 Å². The highest BCUT2D eigenvalue weighted by Gasteiger charge is 2.42. The van der Waals surface area contributed by atoms with Gasteiger partial charge >= 0.3 is 0 Å². The van der Waals surface area contributed by atoms with E-state index in [4.69, 9.17) is 23.2 Å². The van der Waals surface area contributed by atoms with Gasteiger partial charge in [-0.15, -0.1) is 0 Å². The largest absolute Gasteiger partial charge is 0.355 e. The first-order chi connectivity index (χ1) is 11.5. The predicted molar refractivity (Wildman–Crippen MR) is 88.8 cm³/mol. The van der Waals surface area contributed by atoms with E-state index in [1.165, 1.54) is 6.20 Å². The number of halogens is 3. The second-order valence-electron chi connectivity index (χ2n) is 6.42. The van der Waals surface area contributed by atoms with Crippen LogP contribution >= 0.6 is 23.2 Å². The molecule has 2 aromatic rings. The van der Waals surface area contributed by atoms with E-state index in [0.29, 0.717) is 30.7 Å². The number of hydrogen-bond acceptors (Lipinski definition) is 5. The lowest BCUT2D eigenvalue weighted by Crippen LogP contribution is -2.45. The molecule has 1 spiro atoms. The van der Waals surface area contributed by atoms with Gasteiger partial charge in [-0.3, -0.25) is 4.79 Å². The summed E-state index contributed by atoms with van der Waals surface area (Å²) in [5.41, 5.74) is -0.0532. The standard InChI is InChI=1S/C15H14Cl2FN5O/c16-12-10(18)11-8(5-19-12)13(22-14(17)21-11)23-3-1-2-15(7-23)4-9(24)20-6-15/h5H,1-4,6-7H2,(H,20,24). The molecule has 2 aromatic heterocycles. The Bertz CT molecular complexity index is 848. The number of fused-ring (bicyclic) bond motifs is 1. The number of nitrogens with zero attached hydrogens (tertiary/aromatic N) is 4. The summed E-state index contributed by atoms with van der Waals surface area (Å²) in [5, 5.41) is 3.08. The Labute approximate surface area is 147 Å². The molecule has 1 N–H and O–H groups in total. The van der Waals surface area contributed by atoms with Crippen molar-refractivity contribution in [2.75, 3.05) is 24.5 Å². The van der Waals surface area contributed by atoms with Crippen LogP contribution in [0.3, 0.4) is 0 Å². The summed E-state index contributed by atoms with van der Waals surface area (Å²) in [6.45, 7) is 2.05. The predicted octanol–water partition coefficient (Wildman–Crippen LogP) is 2.58. The number of piperidine rings is 1. The van der Waals surface area contributed by atoms with Gasteiger partial charge in [0.1, 0.15) is 11.3 Å². The van der Waals surface area contributed by atoms with Crippen LogP contribution in [0.2, 0.25) is 10.4 Å². The van der Waals surface area contributed by atoms with Gasteiger partial charge in [-0.2, -0.15) is 4.98 Å². The highest BCUT2D eigenvalue weighted by molar-refractivity contribution is 6.30. The number of carbonyl (C=O) groups is 1. The van der Waals surface area contributed by atoms with Crippen molar-refractivity contribution in [1.82, 2.24) is 20.3 Å². The van der Waals surface area contributed by atoms with E-state index in [1.54, 1.807) is 0 Å². The third-order valence-corrected chi connectivity index (χ3v) is 5.18. The minimum atomic E-state index is -0.704. The zero-order chi connectivity index (χ0) is 16.9. The zero-order valence-electron chi connectivity index (χ0n) is 12.7. The lowest BCUT2D eigenvalue weighted by Gasteiger charge is -2.40. The molecule has 1 amide bonds. The van der Waals surface area contributed by atoms with Gasteiger partial charge in [-0.25, -0.2) is 14.4 Å². The van der Waals surface area contributed by atoms with Crippen LogP contribution in [0, 0.1) is 11.2 Å². The average Bonchev–Trinajstić information content (AvgIpc) is 2.91. The topological polar surface area (TPSA) is 71.0 Å². The summed E-state index contributed by atoms with van der Waals surface area (Å²) in [6.07, 6.45) is 3.85. The zero-order valence-corrected chi connectivity index (χ0v) is 14.2. The summed E-state index contributed by atoms with van der Waals surface area (Å²) >= 11 is 11.7. The van der Waals surface area contributed by atoms with Crippen molar-refractivity contribution in [2.24, 2.45) is 5.41 Å². The van der Waals surface area contributed by atoms with Gasteiger partial charge in [0.25, 0.3) is 0 Å². The van der Waals surface area contributed by atoms with Crippen LogP contribution in [0.25, 0.3) is 10.9 Å². The number of carbonyl (C=O) groups excluding carboxylic acids is 1. The molecular formula is C15H14Cl2FN5O. The summed E-state index contributed by atoms with van der Waals surface area (Å²) in [5.74, 6) is -0.0995. The van der Waals surface area contributed by atoms with Crippen molar-refractivity contribution in [1.29, 1.82) is 0 Å². The Kier molecular flexibility index (Phi) is 3.73. The van der Waals surface area contributed by atoms with Crippen molar-refractivity contribution < 1.29 is 9.18 Å². The van der Waals surface area contributed by atoms with E-state index in [9.17, 15) is 9.18 Å². The smallest absolute Gasteiger partial charge is 0.225 e. The number of pyridine rings is 1. The molecule has 0 saturated carbocycles. The quantitative estimate of drug-likeness (QED) is 0.617. The molecule has 24 heavy (non-hydrogen) atoms. The van der Waals surface area contributed by atoms with Crippen molar-refractivity contribution in [3.05, 3.63) is 22.5 Å². The van der Waals surface area contributed by atoms with Crippen LogP contribution in [0.4, 0.5) is 10.2 Å². The second kappa shape index (κ2) is 5.67. The minimum Gasteiger partial charge on any atom is -0.355 e. The molecule has 0 aromatic carbocycles. The summed E-state index contributed by atoms with van der Waals surface area (Å²) < 4.78 is 14.3. The Balaban J connectivity index is 1.78. The van der Waals surface area contributed by atoms with Crippen molar-refractivity contribution in [3.63, 3.8) is 0 Å². The van der Waals surface area contributed by atoms with Gasteiger partial charge in [-0.05, 0) is 24.4 Å². The van der Waals surface area contributed by atoms with Gasteiger partial charge in [0.05, 0.1) is 5.39 Å². The highest BCUT2D eigenvalue weighted by atomic mass is 35.5. The Hall–Kier alpha value is -1.73. The van der Waals surface area contributed by atoms with Gasteiger partial charge in [0.2, 0.25) is 11.2 Å². The Morgan fingerprint density at radius 2 is 2.17 bits per heavy atom. The molecule has 2 saturated heterocycles. The van der Waals surface area contributed by atoms with Gasteiger partial charge in [-0.1, -0.05) is 11.6 Å². The maximum Gasteiger partial charge on any atom is 0.225 e. The number of anilines is 1. The summed E-state index contributed by atoms with van der Waals surface area (Å²) in [7, 11) is 0. The third-order valence-electron chi connectivity index (χ3n) is 4.75. The number of rotatable bonds is 1. The molecule has 2 aliphatic rings. The molecule has 4 rings (SSSR count). The average molecular weight is 370 g/mol.